The second-order valence-corrected chi connectivity index (χ2v) is 7.50. The lowest BCUT2D eigenvalue weighted by molar-refractivity contribution is -0.118. The molecule has 0 aliphatic heterocycles. The van der Waals surface area contributed by atoms with Crippen molar-refractivity contribution in [2.24, 2.45) is 0 Å². The fourth-order valence-electron chi connectivity index (χ4n) is 2.43. The molecule has 6 nitrogen and oxygen atoms in total. The van der Waals surface area contributed by atoms with E-state index in [1.165, 1.54) is 24.3 Å². The summed E-state index contributed by atoms with van der Waals surface area (Å²) in [6.07, 6.45) is 0.189. The Bertz CT molecular complexity index is 952. The van der Waals surface area contributed by atoms with E-state index in [-0.39, 0.29) is 28.6 Å². The number of ether oxygens (including phenoxy) is 1. The summed E-state index contributed by atoms with van der Waals surface area (Å²) in [6, 6.07) is 13.2. The van der Waals surface area contributed by atoms with Gasteiger partial charge in [-0.05, 0) is 55.3 Å². The Morgan fingerprint density at radius 1 is 1.28 bits per heavy atom. The van der Waals surface area contributed by atoms with Crippen LogP contribution in [0.2, 0.25) is 5.02 Å². The van der Waals surface area contributed by atoms with E-state index in [9.17, 15) is 9.18 Å². The highest BCUT2D eigenvalue weighted by molar-refractivity contribution is 7.99. The number of hydrogen-bond donors (Lipinski definition) is 1. The molecule has 0 aliphatic carbocycles. The molecule has 1 atom stereocenters. The molecule has 0 fully saturated rings. The summed E-state index contributed by atoms with van der Waals surface area (Å²) in [5, 5.41) is 11.6. The van der Waals surface area contributed by atoms with Crippen LogP contribution >= 0.6 is 23.4 Å². The van der Waals surface area contributed by atoms with Crippen LogP contribution in [0.5, 0.6) is 5.75 Å². The summed E-state index contributed by atoms with van der Waals surface area (Å²) in [6.45, 7) is 2.26. The fraction of sp³-hybridized carbons (Fsp3) is 0.250. The van der Waals surface area contributed by atoms with Crippen LogP contribution < -0.4 is 10.1 Å². The van der Waals surface area contributed by atoms with Crippen molar-refractivity contribution in [2.45, 2.75) is 24.7 Å². The van der Waals surface area contributed by atoms with Crippen molar-refractivity contribution < 1.29 is 18.3 Å². The topological polar surface area (TPSA) is 77.2 Å². The van der Waals surface area contributed by atoms with Gasteiger partial charge >= 0.3 is 0 Å². The quantitative estimate of drug-likeness (QED) is 0.500. The zero-order chi connectivity index (χ0) is 20.6. The molecular formula is C20H19ClFN3O3S. The van der Waals surface area contributed by atoms with E-state index in [0.717, 1.165) is 17.3 Å². The molecule has 2 aromatic carbocycles. The van der Waals surface area contributed by atoms with Crippen LogP contribution in [0, 0.1) is 5.82 Å². The highest BCUT2D eigenvalue weighted by Crippen LogP contribution is 2.24. The molecule has 29 heavy (non-hydrogen) atoms. The maximum atomic E-state index is 12.9. The molecule has 9 heteroatoms. The van der Waals surface area contributed by atoms with E-state index in [2.05, 4.69) is 15.5 Å². The van der Waals surface area contributed by atoms with Crippen LogP contribution in [0.15, 0.2) is 58.2 Å². The molecule has 1 aromatic heterocycles. The number of benzene rings is 2. The second-order valence-electron chi connectivity index (χ2n) is 6.14. The van der Waals surface area contributed by atoms with Crippen molar-refractivity contribution in [3.05, 3.63) is 70.8 Å². The van der Waals surface area contributed by atoms with Crippen molar-refractivity contribution in [2.75, 3.05) is 12.3 Å². The number of hydrogen-bond acceptors (Lipinski definition) is 6. The molecule has 152 valence electrons. The van der Waals surface area contributed by atoms with Gasteiger partial charge in [-0.1, -0.05) is 35.5 Å². The van der Waals surface area contributed by atoms with Gasteiger partial charge in [0.1, 0.15) is 11.6 Å². The van der Waals surface area contributed by atoms with Gasteiger partial charge in [0.2, 0.25) is 5.91 Å². The largest absolute Gasteiger partial charge is 0.481 e. The predicted molar refractivity (Wildman–Crippen MR) is 109 cm³/mol. The minimum absolute atomic E-state index is 0.132. The first-order chi connectivity index (χ1) is 14.0. The number of nitrogens with zero attached hydrogens (tertiary/aromatic N) is 2. The minimum atomic E-state index is -0.506. The summed E-state index contributed by atoms with van der Waals surface area (Å²) in [5.74, 6) is 0.452. The minimum Gasteiger partial charge on any atom is -0.481 e. The van der Waals surface area contributed by atoms with Crippen LogP contribution in [0.25, 0.3) is 0 Å². The number of amides is 1. The van der Waals surface area contributed by atoms with Gasteiger partial charge in [0, 0.05) is 11.6 Å². The smallest absolute Gasteiger partial charge is 0.277 e. The summed E-state index contributed by atoms with van der Waals surface area (Å²) < 4.78 is 24.1. The van der Waals surface area contributed by atoms with Crippen molar-refractivity contribution in [3.63, 3.8) is 0 Å². The van der Waals surface area contributed by atoms with Gasteiger partial charge in [0.25, 0.3) is 11.1 Å². The van der Waals surface area contributed by atoms with Crippen molar-refractivity contribution >= 4 is 29.3 Å². The lowest BCUT2D eigenvalue weighted by Crippen LogP contribution is -2.27. The Hall–Kier alpha value is -2.58. The number of aromatic nitrogens is 2. The van der Waals surface area contributed by atoms with Gasteiger partial charge in [-0.3, -0.25) is 4.79 Å². The fourth-order valence-corrected chi connectivity index (χ4v) is 3.24. The first-order valence-electron chi connectivity index (χ1n) is 8.89. The van der Waals surface area contributed by atoms with Crippen molar-refractivity contribution in [3.8, 4) is 5.75 Å². The van der Waals surface area contributed by atoms with Crippen molar-refractivity contribution in [1.82, 2.24) is 15.5 Å². The number of halogens is 2. The van der Waals surface area contributed by atoms with Gasteiger partial charge in [0.05, 0.1) is 5.75 Å². The predicted octanol–water partition coefficient (Wildman–Crippen LogP) is 4.45. The third-order valence-electron chi connectivity index (χ3n) is 3.85. The molecule has 0 saturated heterocycles. The maximum absolute atomic E-state index is 12.9. The molecular weight excluding hydrogens is 417 g/mol. The molecule has 0 aliphatic rings. The molecule has 3 aromatic rings. The summed E-state index contributed by atoms with van der Waals surface area (Å²) in [5.41, 5.74) is 1.06. The normalized spacial score (nSPS) is 11.8. The summed E-state index contributed by atoms with van der Waals surface area (Å²) >= 11 is 7.09. The van der Waals surface area contributed by atoms with Crippen LogP contribution in [0.1, 0.15) is 24.5 Å². The Morgan fingerprint density at radius 2 is 2.07 bits per heavy atom. The van der Waals surface area contributed by atoms with Gasteiger partial charge in [-0.2, -0.15) is 0 Å². The standard InChI is InChI=1S/C20H19ClFN3O3S/c1-13(27-17-7-5-16(22)6-8-17)19-24-25-20(28-19)29-12-18(26)23-10-9-14-3-2-4-15(21)11-14/h2-8,11,13H,9-10,12H2,1H3,(H,23,26). The second kappa shape index (κ2) is 10.3. The molecule has 3 rings (SSSR count). The van der Waals surface area contributed by atoms with E-state index >= 15 is 0 Å². The third kappa shape index (κ3) is 6.76. The lowest BCUT2D eigenvalue weighted by Gasteiger charge is -2.10. The highest BCUT2D eigenvalue weighted by atomic mass is 35.5. The maximum Gasteiger partial charge on any atom is 0.277 e. The molecule has 0 bridgehead atoms. The molecule has 1 N–H and O–H groups in total. The average molecular weight is 436 g/mol. The Labute approximate surface area is 176 Å². The van der Waals surface area contributed by atoms with Gasteiger partial charge in [0.15, 0.2) is 6.10 Å². The van der Waals surface area contributed by atoms with Crippen molar-refractivity contribution in [1.29, 1.82) is 0 Å². The van der Waals surface area contributed by atoms with Crippen LogP contribution in [-0.2, 0) is 11.2 Å². The van der Waals surface area contributed by atoms with E-state index in [4.69, 9.17) is 20.8 Å². The molecule has 1 unspecified atom stereocenters. The van der Waals surface area contributed by atoms with Crippen LogP contribution in [0.4, 0.5) is 4.39 Å². The third-order valence-corrected chi connectivity index (χ3v) is 4.90. The van der Waals surface area contributed by atoms with E-state index in [0.29, 0.717) is 23.7 Å². The first kappa shape index (κ1) is 21.1. The Kier molecular flexibility index (Phi) is 7.48. The molecule has 0 saturated carbocycles. The SMILES string of the molecule is CC(Oc1ccc(F)cc1)c1nnc(SCC(=O)NCCc2cccc(Cl)c2)o1. The van der Waals surface area contributed by atoms with Gasteiger partial charge in [-0.25, -0.2) is 4.39 Å². The van der Waals surface area contributed by atoms with Gasteiger partial charge < -0.3 is 14.5 Å². The number of rotatable bonds is 9. The first-order valence-corrected chi connectivity index (χ1v) is 10.3. The van der Waals surface area contributed by atoms with E-state index in [1.807, 2.05) is 24.3 Å². The molecule has 1 heterocycles. The molecule has 0 radical (unpaired) electrons. The zero-order valence-electron chi connectivity index (χ0n) is 15.6. The zero-order valence-corrected chi connectivity index (χ0v) is 17.2. The Balaban J connectivity index is 1.41. The number of nitrogens with one attached hydrogen (secondary N) is 1. The lowest BCUT2D eigenvalue weighted by atomic mass is 10.1. The van der Waals surface area contributed by atoms with Crippen LogP contribution in [-0.4, -0.2) is 28.4 Å². The highest BCUT2D eigenvalue weighted by Gasteiger charge is 2.17. The average Bonchev–Trinajstić information content (AvgIpc) is 3.17. The van der Waals surface area contributed by atoms with E-state index < -0.39 is 6.10 Å². The number of carbonyl (C=O) groups excluding carboxylic acids is 1. The summed E-state index contributed by atoms with van der Waals surface area (Å²) in [7, 11) is 0. The van der Waals surface area contributed by atoms with Gasteiger partial charge in [-0.15, -0.1) is 10.2 Å². The number of thioether (sulfide) groups is 1. The molecule has 0 spiro atoms. The Morgan fingerprint density at radius 3 is 2.83 bits per heavy atom. The molecule has 1 amide bonds. The number of carbonyl (C=O) groups is 1. The summed E-state index contributed by atoms with van der Waals surface area (Å²) in [4.78, 5) is 12.0. The monoisotopic (exact) mass is 435 g/mol. The van der Waals surface area contributed by atoms with Crippen LogP contribution in [0.3, 0.4) is 0 Å². The van der Waals surface area contributed by atoms with E-state index in [1.54, 1.807) is 6.92 Å².